The molecule has 1 unspecified atom stereocenters. The Hall–Kier alpha value is -2.34. The van der Waals surface area contributed by atoms with Gasteiger partial charge in [0.2, 0.25) is 0 Å². The molecule has 1 heterocycles. The van der Waals surface area contributed by atoms with Gasteiger partial charge in [0.25, 0.3) is 5.91 Å². The van der Waals surface area contributed by atoms with E-state index in [0.717, 1.165) is 0 Å². The van der Waals surface area contributed by atoms with Gasteiger partial charge in [-0.3, -0.25) is 4.79 Å². The highest BCUT2D eigenvalue weighted by molar-refractivity contribution is 7.14. The second kappa shape index (κ2) is 6.90. The SMILES string of the molecule is CCC(Oc1ccccc1)C(=O)Nc1sccc1C(=O)O. The summed E-state index contributed by atoms with van der Waals surface area (Å²) in [4.78, 5) is 23.2. The van der Waals surface area contributed by atoms with E-state index >= 15 is 0 Å². The van der Waals surface area contributed by atoms with Crippen molar-refractivity contribution in [2.75, 3.05) is 5.32 Å². The zero-order valence-corrected chi connectivity index (χ0v) is 12.2. The van der Waals surface area contributed by atoms with Gasteiger partial charge in [-0.1, -0.05) is 25.1 Å². The summed E-state index contributed by atoms with van der Waals surface area (Å²) in [5.74, 6) is -0.820. The normalized spacial score (nSPS) is 11.7. The number of aromatic carboxylic acids is 1. The van der Waals surface area contributed by atoms with Crippen LogP contribution < -0.4 is 10.1 Å². The van der Waals surface area contributed by atoms with Crippen molar-refractivity contribution in [3.8, 4) is 5.75 Å². The third kappa shape index (κ3) is 3.82. The Bertz CT molecular complexity index is 624. The van der Waals surface area contributed by atoms with Crippen molar-refractivity contribution >= 4 is 28.2 Å². The molecule has 5 nitrogen and oxygen atoms in total. The van der Waals surface area contributed by atoms with Crippen molar-refractivity contribution < 1.29 is 19.4 Å². The van der Waals surface area contributed by atoms with Crippen molar-refractivity contribution in [3.63, 3.8) is 0 Å². The lowest BCUT2D eigenvalue weighted by Crippen LogP contribution is -2.32. The Morgan fingerprint density at radius 1 is 1.29 bits per heavy atom. The molecule has 1 aromatic heterocycles. The third-order valence-corrected chi connectivity index (χ3v) is 3.65. The lowest BCUT2D eigenvalue weighted by Gasteiger charge is -2.17. The molecule has 0 aliphatic rings. The second-order valence-electron chi connectivity index (χ2n) is 4.29. The zero-order valence-electron chi connectivity index (χ0n) is 11.4. The first-order valence-corrected chi connectivity index (χ1v) is 7.33. The van der Waals surface area contributed by atoms with Gasteiger partial charge in [-0.25, -0.2) is 4.79 Å². The first kappa shape index (κ1) is 15.1. The zero-order chi connectivity index (χ0) is 15.2. The number of ether oxygens (including phenoxy) is 1. The summed E-state index contributed by atoms with van der Waals surface area (Å²) in [5.41, 5.74) is 0.0860. The quantitative estimate of drug-likeness (QED) is 0.859. The van der Waals surface area contributed by atoms with E-state index in [-0.39, 0.29) is 11.5 Å². The van der Waals surface area contributed by atoms with Crippen LogP contribution in [-0.2, 0) is 4.79 Å². The van der Waals surface area contributed by atoms with Crippen molar-refractivity contribution in [1.82, 2.24) is 0 Å². The second-order valence-corrected chi connectivity index (χ2v) is 5.20. The Balaban J connectivity index is 2.06. The van der Waals surface area contributed by atoms with E-state index in [1.54, 1.807) is 17.5 Å². The number of carboxylic acid groups (broad SMARTS) is 1. The molecule has 0 aliphatic carbocycles. The van der Waals surface area contributed by atoms with Gasteiger partial charge in [-0.2, -0.15) is 0 Å². The molecule has 2 rings (SSSR count). The molecule has 2 N–H and O–H groups in total. The first-order valence-electron chi connectivity index (χ1n) is 6.45. The molecule has 0 spiro atoms. The summed E-state index contributed by atoms with van der Waals surface area (Å²) in [5, 5.41) is 13.6. The minimum absolute atomic E-state index is 0.0860. The maximum absolute atomic E-state index is 12.2. The molecule has 6 heteroatoms. The fraction of sp³-hybridized carbons (Fsp3) is 0.200. The Morgan fingerprint density at radius 2 is 2.00 bits per heavy atom. The number of hydrogen-bond acceptors (Lipinski definition) is 4. The molecule has 21 heavy (non-hydrogen) atoms. The summed E-state index contributed by atoms with van der Waals surface area (Å²) in [6.45, 7) is 1.83. The van der Waals surface area contributed by atoms with Gasteiger partial charge in [0.15, 0.2) is 6.10 Å². The van der Waals surface area contributed by atoms with Crippen LogP contribution in [0.3, 0.4) is 0 Å². The fourth-order valence-electron chi connectivity index (χ4n) is 1.75. The van der Waals surface area contributed by atoms with Gasteiger partial charge in [-0.15, -0.1) is 11.3 Å². The summed E-state index contributed by atoms with van der Waals surface area (Å²) < 4.78 is 5.62. The average molecular weight is 305 g/mol. The summed E-state index contributed by atoms with van der Waals surface area (Å²) in [6, 6.07) is 10.5. The predicted molar refractivity (Wildman–Crippen MR) is 81.1 cm³/mol. The van der Waals surface area contributed by atoms with Crippen molar-refractivity contribution in [2.24, 2.45) is 0 Å². The minimum atomic E-state index is -1.07. The van der Waals surface area contributed by atoms with Crippen molar-refractivity contribution in [3.05, 3.63) is 47.3 Å². The van der Waals surface area contributed by atoms with E-state index in [4.69, 9.17) is 9.84 Å². The largest absolute Gasteiger partial charge is 0.481 e. The molecule has 0 radical (unpaired) electrons. The molecule has 0 aliphatic heterocycles. The average Bonchev–Trinajstić information content (AvgIpc) is 2.94. The van der Waals surface area contributed by atoms with Crippen LogP contribution in [0.2, 0.25) is 0 Å². The van der Waals surface area contributed by atoms with E-state index in [0.29, 0.717) is 17.2 Å². The summed E-state index contributed by atoms with van der Waals surface area (Å²) >= 11 is 1.17. The minimum Gasteiger partial charge on any atom is -0.481 e. The van der Waals surface area contributed by atoms with E-state index in [2.05, 4.69) is 5.32 Å². The van der Waals surface area contributed by atoms with E-state index < -0.39 is 12.1 Å². The Kier molecular flexibility index (Phi) is 4.94. The highest BCUT2D eigenvalue weighted by atomic mass is 32.1. The number of amides is 1. The fourth-order valence-corrected chi connectivity index (χ4v) is 2.53. The van der Waals surface area contributed by atoms with Gasteiger partial charge < -0.3 is 15.2 Å². The topological polar surface area (TPSA) is 75.6 Å². The molecule has 0 saturated carbocycles. The van der Waals surface area contributed by atoms with Crippen LogP contribution in [-0.4, -0.2) is 23.1 Å². The van der Waals surface area contributed by atoms with Gasteiger partial charge in [0.1, 0.15) is 10.8 Å². The number of para-hydroxylation sites is 1. The van der Waals surface area contributed by atoms with Gasteiger partial charge in [0.05, 0.1) is 5.56 Å². The molecule has 0 saturated heterocycles. The molecule has 1 atom stereocenters. The van der Waals surface area contributed by atoms with Crippen LogP contribution in [0, 0.1) is 0 Å². The molecule has 1 aromatic carbocycles. The molecule has 110 valence electrons. The summed E-state index contributed by atoms with van der Waals surface area (Å²) in [6.07, 6.45) is -0.190. The maximum atomic E-state index is 12.2. The van der Waals surface area contributed by atoms with E-state index in [1.165, 1.54) is 17.4 Å². The van der Waals surface area contributed by atoms with Gasteiger partial charge in [0, 0.05) is 0 Å². The number of benzene rings is 1. The number of hydrogen-bond donors (Lipinski definition) is 2. The molecule has 1 amide bonds. The van der Waals surface area contributed by atoms with Crippen LogP contribution in [0.5, 0.6) is 5.75 Å². The number of carbonyl (C=O) groups excluding carboxylic acids is 1. The number of nitrogens with one attached hydrogen (secondary N) is 1. The lowest BCUT2D eigenvalue weighted by molar-refractivity contribution is -0.122. The van der Waals surface area contributed by atoms with E-state index in [1.807, 2.05) is 25.1 Å². The molecule has 2 aromatic rings. The van der Waals surface area contributed by atoms with Crippen LogP contribution in [0.4, 0.5) is 5.00 Å². The number of carbonyl (C=O) groups is 2. The number of anilines is 1. The van der Waals surface area contributed by atoms with Crippen LogP contribution in [0.1, 0.15) is 23.7 Å². The number of carboxylic acids is 1. The van der Waals surface area contributed by atoms with Gasteiger partial charge >= 0.3 is 5.97 Å². The van der Waals surface area contributed by atoms with Gasteiger partial charge in [-0.05, 0) is 30.0 Å². The maximum Gasteiger partial charge on any atom is 0.338 e. The van der Waals surface area contributed by atoms with E-state index in [9.17, 15) is 9.59 Å². The monoisotopic (exact) mass is 305 g/mol. The Morgan fingerprint density at radius 3 is 2.62 bits per heavy atom. The molecular weight excluding hydrogens is 290 g/mol. The lowest BCUT2D eigenvalue weighted by atomic mass is 10.2. The summed E-state index contributed by atoms with van der Waals surface area (Å²) in [7, 11) is 0. The molecular formula is C15H15NO4S. The predicted octanol–water partition coefficient (Wildman–Crippen LogP) is 3.24. The number of thiophene rings is 1. The third-order valence-electron chi connectivity index (χ3n) is 2.82. The Labute approximate surface area is 126 Å². The highest BCUT2D eigenvalue weighted by Gasteiger charge is 2.21. The van der Waals surface area contributed by atoms with Crippen molar-refractivity contribution in [1.29, 1.82) is 0 Å². The highest BCUT2D eigenvalue weighted by Crippen LogP contribution is 2.24. The molecule has 0 fully saturated rings. The standard InChI is InChI=1S/C15H15NO4S/c1-2-12(20-10-6-4-3-5-7-10)13(17)16-14-11(15(18)19)8-9-21-14/h3-9,12H,2H2,1H3,(H,16,17)(H,18,19). The van der Waals surface area contributed by atoms with Crippen LogP contribution >= 0.6 is 11.3 Å². The van der Waals surface area contributed by atoms with Crippen molar-refractivity contribution in [2.45, 2.75) is 19.4 Å². The molecule has 0 bridgehead atoms. The smallest absolute Gasteiger partial charge is 0.338 e. The van der Waals surface area contributed by atoms with Crippen LogP contribution in [0.15, 0.2) is 41.8 Å². The number of rotatable bonds is 6. The first-order chi connectivity index (χ1) is 10.1. The van der Waals surface area contributed by atoms with Crippen LogP contribution in [0.25, 0.3) is 0 Å².